The molecular weight excluding hydrogens is 414 g/mol. The molecule has 1 N–H and O–H groups in total. The molecule has 0 saturated carbocycles. The maximum Gasteiger partial charge on any atom is 0.434 e. The molecule has 1 aliphatic carbocycles. The summed E-state index contributed by atoms with van der Waals surface area (Å²) in [6.07, 6.45) is -3.32. The number of nitrogens with zero attached hydrogens (tertiary/aromatic N) is 5. The molecule has 0 amide bonds. The molecule has 1 atom stereocenters. The highest BCUT2D eigenvalue weighted by molar-refractivity contribution is 5.36. The number of pyridine rings is 1. The Balaban J connectivity index is 1.47. The molecule has 0 radical (unpaired) electrons. The van der Waals surface area contributed by atoms with E-state index in [4.69, 9.17) is 0 Å². The Morgan fingerprint density at radius 1 is 1.00 bits per heavy atom. The number of nitrogens with one attached hydrogen (secondary N) is 1. The van der Waals surface area contributed by atoms with Crippen LogP contribution in [0.4, 0.5) is 26.3 Å². The van der Waals surface area contributed by atoms with Crippen LogP contribution in [0.25, 0.3) is 5.69 Å². The maximum absolute atomic E-state index is 12.9. The zero-order valence-electron chi connectivity index (χ0n) is 15.2. The van der Waals surface area contributed by atoms with E-state index in [9.17, 15) is 26.3 Å². The Labute approximate surface area is 166 Å². The van der Waals surface area contributed by atoms with Crippen molar-refractivity contribution in [3.63, 3.8) is 0 Å². The van der Waals surface area contributed by atoms with Gasteiger partial charge in [0.25, 0.3) is 0 Å². The lowest BCUT2D eigenvalue weighted by Gasteiger charge is -2.13. The third-order valence-electron chi connectivity index (χ3n) is 4.69. The minimum Gasteiger partial charge on any atom is -0.304 e. The summed E-state index contributed by atoms with van der Waals surface area (Å²) in [5.74, 6) is 0. The van der Waals surface area contributed by atoms with E-state index in [1.807, 2.05) is 0 Å². The predicted octanol–water partition coefficient (Wildman–Crippen LogP) is 3.87. The molecule has 4 rings (SSSR count). The lowest BCUT2D eigenvalue weighted by Crippen LogP contribution is -2.20. The van der Waals surface area contributed by atoms with Gasteiger partial charge < -0.3 is 5.32 Å². The van der Waals surface area contributed by atoms with E-state index in [1.165, 1.54) is 10.7 Å². The molecule has 6 nitrogen and oxygen atoms in total. The van der Waals surface area contributed by atoms with E-state index >= 15 is 0 Å². The van der Waals surface area contributed by atoms with Gasteiger partial charge in [0, 0.05) is 30.5 Å². The average Bonchev–Trinajstić information content (AvgIpc) is 3.27. The molecule has 0 saturated heterocycles. The topological polar surface area (TPSA) is 68.5 Å². The molecule has 0 spiro atoms. The van der Waals surface area contributed by atoms with Crippen LogP contribution >= 0.6 is 0 Å². The van der Waals surface area contributed by atoms with Crippen LogP contribution < -0.4 is 5.32 Å². The fourth-order valence-electron chi connectivity index (χ4n) is 3.23. The van der Waals surface area contributed by atoms with Crippen LogP contribution in [0.15, 0.2) is 36.9 Å². The second-order valence-corrected chi connectivity index (χ2v) is 6.74. The molecule has 3 heterocycles. The summed E-state index contributed by atoms with van der Waals surface area (Å²) in [4.78, 5) is 10.5. The van der Waals surface area contributed by atoms with Crippen LogP contribution in [0, 0.1) is 0 Å². The molecular formula is C18H14F6N6. The van der Waals surface area contributed by atoms with Crippen LogP contribution in [0.2, 0.25) is 0 Å². The van der Waals surface area contributed by atoms with Gasteiger partial charge in [-0.2, -0.15) is 31.4 Å². The Morgan fingerprint density at radius 2 is 1.77 bits per heavy atom. The summed E-state index contributed by atoms with van der Waals surface area (Å²) in [6, 6.07) is 2.20. The predicted molar refractivity (Wildman–Crippen MR) is 91.3 cm³/mol. The first-order valence-corrected chi connectivity index (χ1v) is 8.85. The molecule has 0 aromatic carbocycles. The van der Waals surface area contributed by atoms with Gasteiger partial charge in [-0.1, -0.05) is 0 Å². The fraction of sp³-hybridized carbons (Fsp3) is 0.333. The first kappa shape index (κ1) is 20.3. The van der Waals surface area contributed by atoms with Gasteiger partial charge in [0.2, 0.25) is 0 Å². The number of aromatic nitrogens is 5. The van der Waals surface area contributed by atoms with Crippen molar-refractivity contribution in [3.05, 3.63) is 65.3 Å². The van der Waals surface area contributed by atoms with Crippen LogP contribution in [0.5, 0.6) is 0 Å². The SMILES string of the molecule is FC(F)(F)c1cnc(CN[C@H]2CCc3nn(-c4ccnc(C(F)(F)F)c4)cc32)cn1. The van der Waals surface area contributed by atoms with Crippen molar-refractivity contribution >= 4 is 0 Å². The van der Waals surface area contributed by atoms with Crippen molar-refractivity contribution in [2.45, 2.75) is 37.8 Å². The smallest absolute Gasteiger partial charge is 0.304 e. The lowest BCUT2D eigenvalue weighted by atomic mass is 10.2. The summed E-state index contributed by atoms with van der Waals surface area (Å²) >= 11 is 0. The quantitative estimate of drug-likeness (QED) is 0.639. The number of aryl methyl sites for hydroxylation is 1. The highest BCUT2D eigenvalue weighted by Gasteiger charge is 2.34. The Hall–Kier alpha value is -3.02. The summed E-state index contributed by atoms with van der Waals surface area (Å²) in [7, 11) is 0. The second kappa shape index (κ2) is 7.35. The first-order chi connectivity index (χ1) is 14.1. The van der Waals surface area contributed by atoms with E-state index < -0.39 is 23.7 Å². The zero-order valence-corrected chi connectivity index (χ0v) is 15.2. The molecule has 3 aromatic rings. The third-order valence-corrected chi connectivity index (χ3v) is 4.69. The van der Waals surface area contributed by atoms with Crippen LogP contribution in [-0.2, 0) is 25.3 Å². The standard InChI is InChI=1S/C18H14F6N6/c19-17(20,21)15-5-11(3-4-25-15)30-9-12-13(1-2-14(12)29-30)27-6-10-7-28-16(8-26-10)18(22,23)24/h3-5,7-9,13,27H,1-2,6H2/t13-/m0/s1. The van der Waals surface area contributed by atoms with E-state index in [0.29, 0.717) is 24.7 Å². The number of hydrogen-bond acceptors (Lipinski definition) is 5. The Kier molecular flexibility index (Phi) is 4.96. The minimum atomic E-state index is -4.56. The molecule has 30 heavy (non-hydrogen) atoms. The van der Waals surface area contributed by atoms with Gasteiger partial charge >= 0.3 is 12.4 Å². The summed E-state index contributed by atoms with van der Waals surface area (Å²) < 4.78 is 77.7. The number of halogens is 6. The normalized spacial score (nSPS) is 16.7. The lowest BCUT2D eigenvalue weighted by molar-refractivity contribution is -0.142. The number of rotatable bonds is 4. The van der Waals surface area contributed by atoms with Crippen molar-refractivity contribution in [1.82, 2.24) is 30.0 Å². The molecule has 0 aliphatic heterocycles. The highest BCUT2D eigenvalue weighted by atomic mass is 19.4. The molecule has 0 fully saturated rings. The number of alkyl halides is 6. The van der Waals surface area contributed by atoms with Gasteiger partial charge in [-0.3, -0.25) is 9.97 Å². The van der Waals surface area contributed by atoms with Gasteiger partial charge in [-0.15, -0.1) is 0 Å². The molecule has 12 heteroatoms. The zero-order chi connectivity index (χ0) is 21.5. The Morgan fingerprint density at radius 3 is 2.43 bits per heavy atom. The van der Waals surface area contributed by atoms with Crippen molar-refractivity contribution in [2.75, 3.05) is 0 Å². The summed E-state index contributed by atoms with van der Waals surface area (Å²) in [5.41, 5.74) is 0.0703. The van der Waals surface area contributed by atoms with E-state index in [0.717, 1.165) is 29.7 Å². The fourth-order valence-corrected chi connectivity index (χ4v) is 3.23. The van der Waals surface area contributed by atoms with Crippen molar-refractivity contribution in [2.24, 2.45) is 0 Å². The van der Waals surface area contributed by atoms with Crippen molar-refractivity contribution in [1.29, 1.82) is 0 Å². The number of hydrogen-bond donors (Lipinski definition) is 1. The maximum atomic E-state index is 12.9. The second-order valence-electron chi connectivity index (χ2n) is 6.74. The summed E-state index contributed by atoms with van der Waals surface area (Å²) in [6.45, 7) is 0.188. The Bertz CT molecular complexity index is 1040. The van der Waals surface area contributed by atoms with Crippen LogP contribution in [-0.4, -0.2) is 24.7 Å². The van der Waals surface area contributed by atoms with E-state index in [-0.39, 0.29) is 18.3 Å². The third kappa shape index (κ3) is 4.13. The molecule has 0 unspecified atom stereocenters. The van der Waals surface area contributed by atoms with Crippen molar-refractivity contribution in [3.8, 4) is 5.69 Å². The van der Waals surface area contributed by atoms with Crippen LogP contribution in [0.3, 0.4) is 0 Å². The molecule has 3 aromatic heterocycles. The molecule has 1 aliphatic rings. The van der Waals surface area contributed by atoms with Gasteiger partial charge in [-0.05, 0) is 25.0 Å². The van der Waals surface area contributed by atoms with E-state index in [2.05, 4.69) is 25.4 Å². The largest absolute Gasteiger partial charge is 0.434 e. The monoisotopic (exact) mass is 428 g/mol. The highest BCUT2D eigenvalue weighted by Crippen LogP contribution is 2.33. The molecule has 158 valence electrons. The van der Waals surface area contributed by atoms with E-state index in [1.54, 1.807) is 6.20 Å². The minimum absolute atomic E-state index is 0.151. The average molecular weight is 428 g/mol. The van der Waals surface area contributed by atoms with Crippen molar-refractivity contribution < 1.29 is 26.3 Å². The van der Waals surface area contributed by atoms with Gasteiger partial charge in [-0.25, -0.2) is 9.67 Å². The molecule has 0 bridgehead atoms. The van der Waals surface area contributed by atoms with Gasteiger partial charge in [0.15, 0.2) is 5.69 Å². The van der Waals surface area contributed by atoms with Gasteiger partial charge in [0.05, 0.1) is 29.5 Å². The summed E-state index contributed by atoms with van der Waals surface area (Å²) in [5, 5.41) is 7.54. The van der Waals surface area contributed by atoms with Gasteiger partial charge in [0.1, 0.15) is 5.69 Å². The number of fused-ring (bicyclic) bond motifs is 1. The van der Waals surface area contributed by atoms with Crippen LogP contribution in [0.1, 0.15) is 40.8 Å². The first-order valence-electron chi connectivity index (χ1n) is 8.85.